The Kier molecular flexibility index (Phi) is 2.97. The molecule has 0 radical (unpaired) electrons. The average Bonchev–Trinajstić information content (AvgIpc) is 2.96. The molecule has 2 nitrogen and oxygen atoms in total. The van der Waals surface area contributed by atoms with Gasteiger partial charge in [0.1, 0.15) is 11.0 Å². The molecule has 0 atom stereocenters. The molecular weight excluding hydrogens is 241 g/mol. The van der Waals surface area contributed by atoms with Gasteiger partial charge in [-0.25, -0.2) is 4.98 Å². The van der Waals surface area contributed by atoms with Gasteiger partial charge < -0.3 is 5.32 Å². The fraction of sp³-hybridized carbons (Fsp3) is 0.500. The number of aromatic nitrogens is 1. The molecule has 1 aromatic heterocycles. The maximum Gasteiger partial charge on any atom is 0.416 e. The lowest BCUT2D eigenvalue weighted by Gasteiger charge is -2.10. The fourth-order valence-electron chi connectivity index (χ4n) is 1.32. The van der Waals surface area contributed by atoms with Crippen molar-refractivity contribution in [1.29, 1.82) is 0 Å². The highest BCUT2D eigenvalue weighted by molar-refractivity contribution is 6.29. The summed E-state index contributed by atoms with van der Waals surface area (Å²) >= 11 is 5.54. The van der Waals surface area contributed by atoms with E-state index in [0.717, 1.165) is 25.0 Å². The number of hydrogen-bond donors (Lipinski definition) is 1. The Bertz CT molecular complexity index is 388. The highest BCUT2D eigenvalue weighted by atomic mass is 35.5. The Labute approximate surface area is 95.8 Å². The molecule has 0 bridgehead atoms. The van der Waals surface area contributed by atoms with Crippen molar-refractivity contribution in [2.24, 2.45) is 5.92 Å². The van der Waals surface area contributed by atoms with Gasteiger partial charge in [-0.05, 0) is 30.9 Å². The summed E-state index contributed by atoms with van der Waals surface area (Å²) in [4.78, 5) is 3.80. The Morgan fingerprint density at radius 3 is 2.62 bits per heavy atom. The van der Waals surface area contributed by atoms with Gasteiger partial charge in [-0.15, -0.1) is 0 Å². The normalized spacial score (nSPS) is 16.2. The summed E-state index contributed by atoms with van der Waals surface area (Å²) in [5.41, 5.74) is -0.772. The van der Waals surface area contributed by atoms with Crippen molar-refractivity contribution in [3.63, 3.8) is 0 Å². The van der Waals surface area contributed by atoms with Crippen LogP contribution in [0.4, 0.5) is 19.0 Å². The highest BCUT2D eigenvalue weighted by Crippen LogP contribution is 2.33. The molecule has 1 N–H and O–H groups in total. The molecule has 1 heterocycles. The maximum atomic E-state index is 12.4. The molecule has 1 fully saturated rings. The van der Waals surface area contributed by atoms with E-state index in [-0.39, 0.29) is 11.0 Å². The van der Waals surface area contributed by atoms with Gasteiger partial charge in [0.2, 0.25) is 0 Å². The molecule has 6 heteroatoms. The zero-order valence-corrected chi connectivity index (χ0v) is 9.07. The smallest absolute Gasteiger partial charge is 0.370 e. The Hall–Kier alpha value is -0.970. The third kappa shape index (κ3) is 3.01. The molecule has 1 aliphatic rings. The zero-order chi connectivity index (χ0) is 11.8. The van der Waals surface area contributed by atoms with Crippen LogP contribution >= 0.6 is 11.6 Å². The number of hydrogen-bond acceptors (Lipinski definition) is 2. The lowest BCUT2D eigenvalue weighted by molar-refractivity contribution is -0.137. The predicted octanol–water partition coefficient (Wildman–Crippen LogP) is 3.58. The molecule has 16 heavy (non-hydrogen) atoms. The second kappa shape index (κ2) is 4.13. The molecule has 1 saturated carbocycles. The third-order valence-electron chi connectivity index (χ3n) is 2.39. The van der Waals surface area contributed by atoms with E-state index in [9.17, 15) is 13.2 Å². The molecule has 0 saturated heterocycles. The second-order valence-corrected chi connectivity index (χ2v) is 4.27. The predicted molar refractivity (Wildman–Crippen MR) is 55.5 cm³/mol. The van der Waals surface area contributed by atoms with Crippen LogP contribution in [0.5, 0.6) is 0 Å². The number of pyridine rings is 1. The second-order valence-electron chi connectivity index (χ2n) is 3.89. The summed E-state index contributed by atoms with van der Waals surface area (Å²) in [6.45, 7) is 0.657. The van der Waals surface area contributed by atoms with Gasteiger partial charge in [0.05, 0.1) is 5.56 Å². The Morgan fingerprint density at radius 2 is 2.06 bits per heavy atom. The van der Waals surface area contributed by atoms with Crippen LogP contribution in [0.15, 0.2) is 12.1 Å². The van der Waals surface area contributed by atoms with E-state index in [1.807, 2.05) is 0 Å². The van der Waals surface area contributed by atoms with E-state index in [2.05, 4.69) is 10.3 Å². The molecule has 0 amide bonds. The van der Waals surface area contributed by atoms with Crippen molar-refractivity contribution in [3.8, 4) is 0 Å². The quantitative estimate of drug-likeness (QED) is 0.830. The van der Waals surface area contributed by atoms with Gasteiger partial charge >= 0.3 is 6.18 Å². The van der Waals surface area contributed by atoms with E-state index < -0.39 is 11.7 Å². The van der Waals surface area contributed by atoms with E-state index >= 15 is 0 Å². The van der Waals surface area contributed by atoms with Gasteiger partial charge in [0, 0.05) is 6.54 Å². The van der Waals surface area contributed by atoms with Gasteiger partial charge in [-0.1, -0.05) is 11.6 Å². The van der Waals surface area contributed by atoms with Crippen molar-refractivity contribution in [3.05, 3.63) is 22.8 Å². The summed E-state index contributed by atoms with van der Waals surface area (Å²) in [5, 5.41) is 2.72. The number of alkyl halides is 3. The SMILES string of the molecule is FC(F)(F)c1cc(Cl)nc(NCC2CC2)c1. The van der Waals surface area contributed by atoms with E-state index in [0.29, 0.717) is 12.5 Å². The van der Waals surface area contributed by atoms with Crippen molar-refractivity contribution >= 4 is 17.4 Å². The van der Waals surface area contributed by atoms with Crippen molar-refractivity contribution in [1.82, 2.24) is 4.98 Å². The third-order valence-corrected chi connectivity index (χ3v) is 2.58. The van der Waals surface area contributed by atoms with E-state index in [1.165, 1.54) is 0 Å². The van der Waals surface area contributed by atoms with Gasteiger partial charge in [-0.2, -0.15) is 13.2 Å². The van der Waals surface area contributed by atoms with Crippen LogP contribution in [0.1, 0.15) is 18.4 Å². The highest BCUT2D eigenvalue weighted by Gasteiger charge is 2.31. The molecule has 1 aliphatic carbocycles. The van der Waals surface area contributed by atoms with Crippen LogP contribution in [-0.4, -0.2) is 11.5 Å². The van der Waals surface area contributed by atoms with Crippen LogP contribution in [0.2, 0.25) is 5.15 Å². The first-order valence-corrected chi connectivity index (χ1v) is 5.31. The molecule has 0 unspecified atom stereocenters. The fourth-order valence-corrected chi connectivity index (χ4v) is 1.53. The van der Waals surface area contributed by atoms with Crippen LogP contribution in [-0.2, 0) is 6.18 Å². The molecule has 0 aromatic carbocycles. The molecule has 2 rings (SSSR count). The molecule has 0 spiro atoms. The van der Waals surface area contributed by atoms with Crippen LogP contribution in [0, 0.1) is 5.92 Å². The average molecular weight is 251 g/mol. The maximum absolute atomic E-state index is 12.4. The summed E-state index contributed by atoms with van der Waals surface area (Å²) in [7, 11) is 0. The summed E-state index contributed by atoms with van der Waals surface area (Å²) < 4.78 is 37.3. The van der Waals surface area contributed by atoms with Crippen LogP contribution in [0.25, 0.3) is 0 Å². The number of halogens is 4. The van der Waals surface area contributed by atoms with Crippen molar-refractivity contribution < 1.29 is 13.2 Å². The van der Waals surface area contributed by atoms with Crippen LogP contribution < -0.4 is 5.32 Å². The van der Waals surface area contributed by atoms with E-state index in [4.69, 9.17) is 11.6 Å². The van der Waals surface area contributed by atoms with Gasteiger partial charge in [0.25, 0.3) is 0 Å². The first-order chi connectivity index (χ1) is 7.45. The first-order valence-electron chi connectivity index (χ1n) is 4.94. The van der Waals surface area contributed by atoms with Crippen LogP contribution in [0.3, 0.4) is 0 Å². The largest absolute Gasteiger partial charge is 0.416 e. The number of rotatable bonds is 3. The number of anilines is 1. The standard InChI is InChI=1S/C10H10ClF3N2/c11-8-3-7(10(12,13)14)4-9(16-8)15-5-6-1-2-6/h3-4,6H,1-2,5H2,(H,15,16). The molecule has 0 aliphatic heterocycles. The Morgan fingerprint density at radius 1 is 1.38 bits per heavy atom. The van der Waals surface area contributed by atoms with Gasteiger partial charge in [-0.3, -0.25) is 0 Å². The van der Waals surface area contributed by atoms with E-state index in [1.54, 1.807) is 0 Å². The van der Waals surface area contributed by atoms with Gasteiger partial charge in [0.15, 0.2) is 0 Å². The minimum absolute atomic E-state index is 0.145. The lowest BCUT2D eigenvalue weighted by Crippen LogP contribution is -2.09. The summed E-state index contributed by atoms with van der Waals surface area (Å²) in [5.74, 6) is 0.752. The summed E-state index contributed by atoms with van der Waals surface area (Å²) in [6, 6.07) is 1.80. The zero-order valence-electron chi connectivity index (χ0n) is 8.31. The molecular formula is C10H10ClF3N2. The number of nitrogens with zero attached hydrogens (tertiary/aromatic N) is 1. The minimum atomic E-state index is -4.39. The number of nitrogens with one attached hydrogen (secondary N) is 1. The first kappa shape index (κ1) is 11.5. The topological polar surface area (TPSA) is 24.9 Å². The van der Waals surface area contributed by atoms with Crippen molar-refractivity contribution in [2.45, 2.75) is 19.0 Å². The molecule has 88 valence electrons. The van der Waals surface area contributed by atoms with Crippen molar-refractivity contribution in [2.75, 3.05) is 11.9 Å². The molecule has 1 aromatic rings. The monoisotopic (exact) mass is 250 g/mol. The Balaban J connectivity index is 2.14. The minimum Gasteiger partial charge on any atom is -0.370 e. The summed E-state index contributed by atoms with van der Waals surface area (Å²) in [6.07, 6.45) is -2.14. The lowest BCUT2D eigenvalue weighted by atomic mass is 10.2.